The van der Waals surface area contributed by atoms with E-state index in [2.05, 4.69) is 191 Å². The van der Waals surface area contributed by atoms with Gasteiger partial charge < -0.3 is 9.13 Å². The lowest BCUT2D eigenvalue weighted by atomic mass is 10.00. The van der Waals surface area contributed by atoms with Gasteiger partial charge in [0, 0.05) is 44.0 Å². The highest BCUT2D eigenvalue weighted by atomic mass is 15.0. The molecule has 0 fully saturated rings. The maximum absolute atomic E-state index is 5.37. The van der Waals surface area contributed by atoms with Gasteiger partial charge in [0.25, 0.3) is 0 Å². The molecular weight excluding hydrogens is 681 g/mol. The fraction of sp³-hybridized carbons (Fsp3) is 0. The first-order valence-corrected chi connectivity index (χ1v) is 19.1. The third-order valence-electron chi connectivity index (χ3n) is 11.5. The van der Waals surface area contributed by atoms with E-state index >= 15 is 0 Å². The molecule has 0 aliphatic carbocycles. The van der Waals surface area contributed by atoms with Crippen LogP contribution in [0.5, 0.6) is 0 Å². The molecule has 56 heavy (non-hydrogen) atoms. The molecule has 0 saturated heterocycles. The first kappa shape index (κ1) is 30.9. The predicted octanol–water partition coefficient (Wildman–Crippen LogP) is 13.5. The van der Waals surface area contributed by atoms with Crippen molar-refractivity contribution in [3.63, 3.8) is 0 Å². The Labute approximate surface area is 322 Å². The van der Waals surface area contributed by atoms with E-state index in [1.165, 1.54) is 59.6 Å². The smallest absolute Gasteiger partial charge is 0.0973 e. The van der Waals surface area contributed by atoms with Gasteiger partial charge in [-0.25, -0.2) is 9.97 Å². The molecule has 0 bridgehead atoms. The zero-order valence-corrected chi connectivity index (χ0v) is 30.3. The second-order valence-corrected chi connectivity index (χ2v) is 14.6. The van der Waals surface area contributed by atoms with Crippen molar-refractivity contribution in [2.45, 2.75) is 0 Å². The van der Waals surface area contributed by atoms with Crippen LogP contribution in [0.2, 0.25) is 0 Å². The lowest BCUT2D eigenvalue weighted by molar-refractivity contribution is 1.18. The van der Waals surface area contributed by atoms with Crippen molar-refractivity contribution < 1.29 is 0 Å². The van der Waals surface area contributed by atoms with Gasteiger partial charge in [-0.2, -0.15) is 0 Å². The van der Waals surface area contributed by atoms with E-state index in [-0.39, 0.29) is 0 Å². The molecule has 12 rings (SSSR count). The van der Waals surface area contributed by atoms with Crippen LogP contribution in [0.3, 0.4) is 0 Å². The number of fused-ring (bicyclic) bond motifs is 11. The summed E-state index contributed by atoms with van der Waals surface area (Å²) >= 11 is 0. The monoisotopic (exact) mass is 712 g/mol. The summed E-state index contributed by atoms with van der Waals surface area (Å²) in [5, 5.41) is 9.92. The van der Waals surface area contributed by atoms with Crippen molar-refractivity contribution in [3.05, 3.63) is 194 Å². The highest BCUT2D eigenvalue weighted by Gasteiger charge is 2.20. The van der Waals surface area contributed by atoms with Crippen LogP contribution in [-0.2, 0) is 0 Å². The van der Waals surface area contributed by atoms with Gasteiger partial charge in [0.1, 0.15) is 0 Å². The Hall–Kier alpha value is -7.56. The van der Waals surface area contributed by atoms with Crippen molar-refractivity contribution in [1.82, 2.24) is 19.1 Å². The Balaban J connectivity index is 1.11. The second-order valence-electron chi connectivity index (χ2n) is 14.6. The van der Waals surface area contributed by atoms with Crippen molar-refractivity contribution in [2.24, 2.45) is 0 Å². The molecule has 0 unspecified atom stereocenters. The van der Waals surface area contributed by atoms with Crippen molar-refractivity contribution in [1.29, 1.82) is 0 Å². The zero-order chi connectivity index (χ0) is 36.7. The summed E-state index contributed by atoms with van der Waals surface area (Å²) in [5.41, 5.74) is 12.4. The van der Waals surface area contributed by atoms with Crippen LogP contribution < -0.4 is 0 Å². The van der Waals surface area contributed by atoms with Crippen LogP contribution in [0, 0.1) is 0 Å². The first-order valence-electron chi connectivity index (χ1n) is 19.1. The lowest BCUT2D eigenvalue weighted by Gasteiger charge is -2.14. The van der Waals surface area contributed by atoms with Crippen molar-refractivity contribution in [2.75, 3.05) is 0 Å². The van der Waals surface area contributed by atoms with Gasteiger partial charge in [-0.1, -0.05) is 127 Å². The standard InChI is InChI=1S/C52H32N4/c1-2-16-37(17-3-1)55-45-24-11-8-21-41(45)42-32-36(27-28-46(42)55)52-51(53-43-22-9-10-23-44(43)54-52)35-15-12-18-38(31-35)56-47-29-25-33-13-4-6-19-39(33)49(47)50-40-20-7-5-14-34(40)26-30-48(50)56/h1-32H. The summed E-state index contributed by atoms with van der Waals surface area (Å²) in [6.45, 7) is 0. The molecule has 0 aliphatic heterocycles. The number of nitrogens with zero attached hydrogens (tertiary/aromatic N) is 4. The molecule has 0 N–H and O–H groups in total. The van der Waals surface area contributed by atoms with Crippen LogP contribution in [-0.4, -0.2) is 19.1 Å². The SMILES string of the molecule is c1ccc(-n2c3ccccc3c3cc(-c4nc5ccccc5nc4-c4cccc(-n5c6ccc7ccccc7c6c6c7ccccc7ccc65)c4)ccc32)cc1. The van der Waals surface area contributed by atoms with Crippen molar-refractivity contribution in [3.8, 4) is 33.9 Å². The van der Waals surface area contributed by atoms with Crippen LogP contribution in [0.4, 0.5) is 0 Å². The Bertz CT molecular complexity index is 3440. The van der Waals surface area contributed by atoms with E-state index in [0.717, 1.165) is 50.4 Å². The molecule has 3 aromatic heterocycles. The summed E-state index contributed by atoms with van der Waals surface area (Å²) in [4.78, 5) is 10.7. The molecular formula is C52H32N4. The van der Waals surface area contributed by atoms with Crippen LogP contribution in [0.15, 0.2) is 194 Å². The average molecular weight is 713 g/mol. The lowest BCUT2D eigenvalue weighted by Crippen LogP contribution is -1.98. The molecule has 0 saturated carbocycles. The van der Waals surface area contributed by atoms with Gasteiger partial charge in [-0.3, -0.25) is 0 Å². The normalized spacial score (nSPS) is 11.9. The van der Waals surface area contributed by atoms with Gasteiger partial charge in [0.2, 0.25) is 0 Å². The van der Waals surface area contributed by atoms with E-state index < -0.39 is 0 Å². The molecule has 0 radical (unpaired) electrons. The van der Waals surface area contributed by atoms with Gasteiger partial charge in [-0.15, -0.1) is 0 Å². The highest BCUT2D eigenvalue weighted by Crippen LogP contribution is 2.42. The summed E-state index contributed by atoms with van der Waals surface area (Å²) < 4.78 is 4.77. The van der Waals surface area contributed by atoms with Crippen LogP contribution in [0.25, 0.3) is 110 Å². The molecule has 260 valence electrons. The minimum atomic E-state index is 0.855. The Morgan fingerprint density at radius 2 is 0.804 bits per heavy atom. The molecule has 0 aliphatic rings. The molecule has 3 heterocycles. The van der Waals surface area contributed by atoms with Crippen LogP contribution >= 0.6 is 0 Å². The fourth-order valence-corrected chi connectivity index (χ4v) is 9.00. The van der Waals surface area contributed by atoms with Gasteiger partial charge in [-0.05, 0) is 88.3 Å². The summed E-state index contributed by atoms with van der Waals surface area (Å²) in [6, 6.07) is 69.5. The summed E-state index contributed by atoms with van der Waals surface area (Å²) in [7, 11) is 0. The highest BCUT2D eigenvalue weighted by molar-refractivity contribution is 6.28. The minimum Gasteiger partial charge on any atom is -0.309 e. The number of aromatic nitrogens is 4. The predicted molar refractivity (Wildman–Crippen MR) is 234 cm³/mol. The quantitative estimate of drug-likeness (QED) is 0.182. The average Bonchev–Trinajstić information content (AvgIpc) is 3.79. The van der Waals surface area contributed by atoms with E-state index in [1.807, 2.05) is 12.1 Å². The number of benzene rings is 9. The number of rotatable bonds is 4. The Morgan fingerprint density at radius 3 is 1.48 bits per heavy atom. The molecule has 9 aromatic carbocycles. The first-order chi connectivity index (χ1) is 27.8. The summed E-state index contributed by atoms with van der Waals surface area (Å²) in [5.74, 6) is 0. The zero-order valence-electron chi connectivity index (χ0n) is 30.3. The van der Waals surface area contributed by atoms with Gasteiger partial charge in [0.05, 0.1) is 44.5 Å². The van der Waals surface area contributed by atoms with E-state index in [1.54, 1.807) is 0 Å². The Morgan fingerprint density at radius 1 is 0.304 bits per heavy atom. The van der Waals surface area contributed by atoms with E-state index in [0.29, 0.717) is 0 Å². The van der Waals surface area contributed by atoms with Crippen LogP contribution in [0.1, 0.15) is 0 Å². The minimum absolute atomic E-state index is 0.855. The van der Waals surface area contributed by atoms with E-state index in [4.69, 9.17) is 9.97 Å². The molecule has 0 amide bonds. The molecule has 4 heteroatoms. The second kappa shape index (κ2) is 12.0. The third-order valence-corrected chi connectivity index (χ3v) is 11.5. The molecule has 0 spiro atoms. The van der Waals surface area contributed by atoms with Gasteiger partial charge in [0.15, 0.2) is 0 Å². The summed E-state index contributed by atoms with van der Waals surface area (Å²) in [6.07, 6.45) is 0. The number of hydrogen-bond donors (Lipinski definition) is 0. The Kier molecular flexibility index (Phi) is 6.60. The van der Waals surface area contributed by atoms with E-state index in [9.17, 15) is 0 Å². The van der Waals surface area contributed by atoms with Crippen molar-refractivity contribution >= 4 is 76.2 Å². The van der Waals surface area contributed by atoms with Gasteiger partial charge >= 0.3 is 0 Å². The third kappa shape index (κ3) is 4.53. The molecule has 0 atom stereocenters. The largest absolute Gasteiger partial charge is 0.309 e. The molecule has 4 nitrogen and oxygen atoms in total. The fourth-order valence-electron chi connectivity index (χ4n) is 9.00. The number of hydrogen-bond acceptors (Lipinski definition) is 2. The molecule has 12 aromatic rings. The maximum atomic E-state index is 5.37. The maximum Gasteiger partial charge on any atom is 0.0973 e. The number of para-hydroxylation sites is 4. The topological polar surface area (TPSA) is 35.6 Å².